The Hall–Kier alpha value is -3.61. The smallest absolute Gasteiger partial charge is 0.129 e. The lowest BCUT2D eigenvalue weighted by molar-refractivity contribution is 0.243. The van der Waals surface area contributed by atoms with Gasteiger partial charge < -0.3 is 14.5 Å². The second-order valence-corrected chi connectivity index (χ2v) is 8.01. The van der Waals surface area contributed by atoms with Gasteiger partial charge >= 0.3 is 0 Å². The first-order valence-corrected chi connectivity index (χ1v) is 10.7. The Morgan fingerprint density at radius 2 is 1.65 bits per heavy atom. The maximum Gasteiger partial charge on any atom is 0.129 e. The van der Waals surface area contributed by atoms with Crippen LogP contribution in [0.2, 0.25) is 0 Å². The van der Waals surface area contributed by atoms with Gasteiger partial charge in [-0.3, -0.25) is 5.10 Å². The molecular weight excluding hydrogens is 388 g/mol. The van der Waals surface area contributed by atoms with Gasteiger partial charge in [-0.25, -0.2) is 9.97 Å². The van der Waals surface area contributed by atoms with Crippen LogP contribution in [0.4, 0.5) is 11.6 Å². The van der Waals surface area contributed by atoms with Gasteiger partial charge in [0.05, 0.1) is 11.6 Å². The first-order chi connectivity index (χ1) is 15.2. The largest absolute Gasteiger partial charge is 0.491 e. The van der Waals surface area contributed by atoms with Crippen molar-refractivity contribution in [3.05, 3.63) is 60.9 Å². The molecule has 0 radical (unpaired) electrons. The normalized spacial score (nSPS) is 14.4. The Bertz CT molecular complexity index is 1170. The molecule has 7 heteroatoms. The van der Waals surface area contributed by atoms with Crippen molar-refractivity contribution in [3.8, 4) is 17.0 Å². The van der Waals surface area contributed by atoms with Crippen LogP contribution < -0.4 is 14.5 Å². The molecule has 4 heterocycles. The van der Waals surface area contributed by atoms with Crippen molar-refractivity contribution in [2.24, 2.45) is 0 Å². The molecule has 1 aromatic carbocycles. The maximum atomic E-state index is 5.88. The van der Waals surface area contributed by atoms with Crippen molar-refractivity contribution in [1.29, 1.82) is 0 Å². The van der Waals surface area contributed by atoms with Crippen LogP contribution in [0.25, 0.3) is 22.2 Å². The number of nitrogens with one attached hydrogen (secondary N) is 1. The van der Waals surface area contributed by atoms with E-state index in [1.54, 1.807) is 0 Å². The minimum atomic E-state index is 0.130. The maximum absolute atomic E-state index is 5.88. The van der Waals surface area contributed by atoms with Gasteiger partial charge in [0.2, 0.25) is 0 Å². The monoisotopic (exact) mass is 414 g/mol. The summed E-state index contributed by atoms with van der Waals surface area (Å²) in [5.74, 6) is 2.86. The summed E-state index contributed by atoms with van der Waals surface area (Å²) >= 11 is 0. The van der Waals surface area contributed by atoms with Gasteiger partial charge in [0.1, 0.15) is 23.1 Å². The highest BCUT2D eigenvalue weighted by atomic mass is 16.5. The van der Waals surface area contributed by atoms with Crippen LogP contribution in [0.1, 0.15) is 13.8 Å². The summed E-state index contributed by atoms with van der Waals surface area (Å²) in [5, 5.41) is 8.77. The van der Waals surface area contributed by atoms with Gasteiger partial charge in [-0.15, -0.1) is 0 Å². The second kappa shape index (κ2) is 8.26. The fourth-order valence-electron chi connectivity index (χ4n) is 4.00. The Kier molecular flexibility index (Phi) is 5.16. The molecule has 1 saturated heterocycles. The highest BCUT2D eigenvalue weighted by Gasteiger charge is 2.20. The van der Waals surface area contributed by atoms with Crippen LogP contribution in [0, 0.1) is 0 Å². The Labute approximate surface area is 181 Å². The number of hydrogen-bond donors (Lipinski definition) is 1. The van der Waals surface area contributed by atoms with Crippen molar-refractivity contribution in [2.75, 3.05) is 36.0 Å². The summed E-state index contributed by atoms with van der Waals surface area (Å²) in [6.45, 7) is 7.71. The molecule has 0 bridgehead atoms. The van der Waals surface area contributed by atoms with Crippen LogP contribution in [-0.4, -0.2) is 52.4 Å². The van der Waals surface area contributed by atoms with E-state index in [0.29, 0.717) is 0 Å². The molecule has 4 aromatic rings. The number of rotatable bonds is 5. The molecule has 0 aliphatic carbocycles. The lowest BCUT2D eigenvalue weighted by Crippen LogP contribution is -2.47. The number of ether oxygens (including phenoxy) is 1. The third-order valence-electron chi connectivity index (χ3n) is 5.50. The van der Waals surface area contributed by atoms with E-state index in [4.69, 9.17) is 4.74 Å². The van der Waals surface area contributed by atoms with Gasteiger partial charge in [-0.2, -0.15) is 5.10 Å². The van der Waals surface area contributed by atoms with E-state index >= 15 is 0 Å². The molecule has 1 fully saturated rings. The molecule has 0 amide bonds. The lowest BCUT2D eigenvalue weighted by atomic mass is 10.1. The Morgan fingerprint density at radius 1 is 0.871 bits per heavy atom. The first kappa shape index (κ1) is 19.4. The molecule has 1 aliphatic rings. The molecule has 31 heavy (non-hydrogen) atoms. The Morgan fingerprint density at radius 3 is 2.39 bits per heavy atom. The lowest BCUT2D eigenvalue weighted by Gasteiger charge is -2.36. The average molecular weight is 415 g/mol. The van der Waals surface area contributed by atoms with Gasteiger partial charge in [0.25, 0.3) is 0 Å². The molecule has 3 aromatic heterocycles. The SMILES string of the molecule is CC(C)Oc1ccc2[nH]nc(-c3ccnc(N4CCN(c5ccccn5)CC4)c3)c2c1. The van der Waals surface area contributed by atoms with E-state index in [1.165, 1.54) is 0 Å². The van der Waals surface area contributed by atoms with Crippen molar-refractivity contribution in [3.63, 3.8) is 0 Å². The number of benzene rings is 1. The minimum absolute atomic E-state index is 0.130. The van der Waals surface area contributed by atoms with E-state index in [-0.39, 0.29) is 6.10 Å². The predicted octanol–water partition coefficient (Wildman–Crippen LogP) is 4.13. The van der Waals surface area contributed by atoms with Crippen LogP contribution in [-0.2, 0) is 0 Å². The Balaban J connectivity index is 1.37. The fraction of sp³-hybridized carbons (Fsp3) is 0.292. The number of nitrogens with zero attached hydrogens (tertiary/aromatic N) is 5. The number of H-pyrrole nitrogens is 1. The average Bonchev–Trinajstić information content (AvgIpc) is 3.23. The van der Waals surface area contributed by atoms with E-state index in [0.717, 1.165) is 65.7 Å². The van der Waals surface area contributed by atoms with Crippen molar-refractivity contribution < 1.29 is 4.74 Å². The van der Waals surface area contributed by atoms with Crippen LogP contribution in [0.15, 0.2) is 60.9 Å². The quantitative estimate of drug-likeness (QED) is 0.529. The highest BCUT2D eigenvalue weighted by molar-refractivity contribution is 5.94. The summed E-state index contributed by atoms with van der Waals surface area (Å²) in [6, 6.07) is 16.2. The number of aromatic amines is 1. The summed E-state index contributed by atoms with van der Waals surface area (Å²) in [6.07, 6.45) is 3.84. The van der Waals surface area contributed by atoms with E-state index in [1.807, 2.05) is 56.6 Å². The van der Waals surface area contributed by atoms with Crippen molar-refractivity contribution in [1.82, 2.24) is 20.2 Å². The zero-order valence-electron chi connectivity index (χ0n) is 17.8. The summed E-state index contributed by atoms with van der Waals surface area (Å²) in [7, 11) is 0. The number of anilines is 2. The topological polar surface area (TPSA) is 70.2 Å². The van der Waals surface area contributed by atoms with Crippen molar-refractivity contribution in [2.45, 2.75) is 20.0 Å². The predicted molar refractivity (Wildman–Crippen MR) is 124 cm³/mol. The standard InChI is InChI=1S/C24H26N6O/c1-17(2)31-19-6-7-21-20(16-19)24(28-27-21)18-8-10-26-23(15-18)30-13-11-29(12-14-30)22-5-3-4-9-25-22/h3-10,15-17H,11-14H2,1-2H3,(H,27,28). The molecule has 1 aliphatic heterocycles. The minimum Gasteiger partial charge on any atom is -0.491 e. The summed E-state index contributed by atoms with van der Waals surface area (Å²) in [5.41, 5.74) is 2.96. The zero-order valence-corrected chi connectivity index (χ0v) is 17.8. The molecule has 0 spiro atoms. The summed E-state index contributed by atoms with van der Waals surface area (Å²) < 4.78 is 5.88. The van der Waals surface area contributed by atoms with Crippen molar-refractivity contribution >= 4 is 22.5 Å². The number of aromatic nitrogens is 4. The molecule has 0 atom stereocenters. The molecule has 158 valence electrons. The van der Waals surface area contributed by atoms with Gasteiger partial charge in [-0.1, -0.05) is 6.07 Å². The van der Waals surface area contributed by atoms with E-state index in [9.17, 15) is 0 Å². The number of piperazine rings is 1. The van der Waals surface area contributed by atoms with E-state index in [2.05, 4.69) is 48.2 Å². The number of hydrogen-bond acceptors (Lipinski definition) is 6. The molecule has 1 N–H and O–H groups in total. The number of pyridine rings is 2. The highest BCUT2D eigenvalue weighted by Crippen LogP contribution is 2.31. The molecular formula is C24H26N6O. The molecule has 7 nitrogen and oxygen atoms in total. The molecule has 0 unspecified atom stereocenters. The molecule has 0 saturated carbocycles. The molecule has 5 rings (SSSR count). The van der Waals surface area contributed by atoms with Crippen LogP contribution in [0.3, 0.4) is 0 Å². The van der Waals surface area contributed by atoms with Gasteiger partial charge in [0, 0.05) is 49.5 Å². The third-order valence-corrected chi connectivity index (χ3v) is 5.50. The second-order valence-electron chi connectivity index (χ2n) is 8.01. The van der Waals surface area contributed by atoms with Crippen LogP contribution in [0.5, 0.6) is 5.75 Å². The summed E-state index contributed by atoms with van der Waals surface area (Å²) in [4.78, 5) is 13.8. The number of fused-ring (bicyclic) bond motifs is 1. The third kappa shape index (κ3) is 4.03. The van der Waals surface area contributed by atoms with Gasteiger partial charge in [-0.05, 0) is 56.3 Å². The zero-order chi connectivity index (χ0) is 21.2. The van der Waals surface area contributed by atoms with E-state index < -0.39 is 0 Å². The first-order valence-electron chi connectivity index (χ1n) is 10.7. The van der Waals surface area contributed by atoms with Crippen LogP contribution >= 0.6 is 0 Å². The van der Waals surface area contributed by atoms with Gasteiger partial charge in [0.15, 0.2) is 0 Å². The fourth-order valence-corrected chi connectivity index (χ4v) is 4.00.